The minimum absolute atomic E-state index is 0.0276. The van der Waals surface area contributed by atoms with Crippen LogP contribution in [0.25, 0.3) is 22.0 Å². The Morgan fingerprint density at radius 3 is 2.65 bits per heavy atom. The van der Waals surface area contributed by atoms with E-state index in [0.717, 1.165) is 54.3 Å². The predicted molar refractivity (Wildman–Crippen MR) is 119 cm³/mol. The second-order valence-corrected chi connectivity index (χ2v) is 9.04. The number of alkyl halides is 1. The number of amides is 1. The van der Waals surface area contributed by atoms with Gasteiger partial charge >= 0.3 is 0 Å². The number of anilines is 1. The molecule has 6 nitrogen and oxygen atoms in total. The first kappa shape index (κ1) is 20.1. The third-order valence-corrected chi connectivity index (χ3v) is 6.73. The Morgan fingerprint density at radius 1 is 1.13 bits per heavy atom. The second-order valence-electron chi connectivity index (χ2n) is 9.04. The number of pyridine rings is 1. The predicted octanol–water partition coefficient (Wildman–Crippen LogP) is 4.03. The van der Waals surface area contributed by atoms with Crippen LogP contribution in [0.3, 0.4) is 0 Å². The van der Waals surface area contributed by atoms with Crippen molar-refractivity contribution in [3.05, 3.63) is 43.0 Å². The first-order valence-electron chi connectivity index (χ1n) is 11.1. The molecule has 1 aliphatic heterocycles. The van der Waals surface area contributed by atoms with E-state index >= 15 is 0 Å². The minimum atomic E-state index is -0.642. The van der Waals surface area contributed by atoms with Crippen LogP contribution in [0.1, 0.15) is 25.7 Å². The molecule has 2 fully saturated rings. The van der Waals surface area contributed by atoms with Crippen LogP contribution in [-0.4, -0.2) is 51.1 Å². The average molecular weight is 422 g/mol. The van der Waals surface area contributed by atoms with Crippen molar-refractivity contribution >= 4 is 22.5 Å². The van der Waals surface area contributed by atoms with Crippen molar-refractivity contribution in [1.82, 2.24) is 19.4 Å². The van der Waals surface area contributed by atoms with Gasteiger partial charge < -0.3 is 9.88 Å². The summed E-state index contributed by atoms with van der Waals surface area (Å²) in [6.45, 7) is 2.13. The molecule has 1 N–H and O–H groups in total. The Hall–Kier alpha value is -2.80. The van der Waals surface area contributed by atoms with Crippen LogP contribution in [0.4, 0.5) is 10.2 Å². The van der Waals surface area contributed by atoms with Gasteiger partial charge in [0.1, 0.15) is 12.0 Å². The molecule has 0 bridgehead atoms. The summed E-state index contributed by atoms with van der Waals surface area (Å²) in [5, 5.41) is 5.09. The molecule has 7 heteroatoms. The second kappa shape index (κ2) is 8.38. The van der Waals surface area contributed by atoms with Crippen molar-refractivity contribution < 1.29 is 9.18 Å². The van der Waals surface area contributed by atoms with Crippen molar-refractivity contribution in [2.45, 2.75) is 31.9 Å². The number of carbonyl (C=O) groups is 1. The zero-order valence-electron chi connectivity index (χ0n) is 17.8. The molecule has 31 heavy (non-hydrogen) atoms. The highest BCUT2D eigenvalue weighted by molar-refractivity contribution is 5.95. The van der Waals surface area contributed by atoms with E-state index in [9.17, 15) is 9.18 Å². The third-order valence-electron chi connectivity index (χ3n) is 6.73. The molecule has 3 heterocycles. The van der Waals surface area contributed by atoms with Gasteiger partial charge in [-0.25, -0.2) is 14.4 Å². The molecule has 0 radical (unpaired) electrons. The number of fused-ring (bicyclic) bond motifs is 1. The van der Waals surface area contributed by atoms with Crippen molar-refractivity contribution in [2.24, 2.45) is 18.9 Å². The molecule has 1 saturated carbocycles. The first-order valence-corrected chi connectivity index (χ1v) is 11.1. The Kier molecular flexibility index (Phi) is 5.44. The van der Waals surface area contributed by atoms with Crippen LogP contribution in [0.15, 0.2) is 43.0 Å². The summed E-state index contributed by atoms with van der Waals surface area (Å²) in [7, 11) is 1.97. The summed E-state index contributed by atoms with van der Waals surface area (Å²) in [5.74, 6) is 1.26. The number of hydrogen-bond acceptors (Lipinski definition) is 4. The fraction of sp³-hybridized carbons (Fsp3) is 0.458. The lowest BCUT2D eigenvalue weighted by atomic mass is 9.81. The highest BCUT2D eigenvalue weighted by Crippen LogP contribution is 2.31. The molecule has 0 unspecified atom stereocenters. The molecule has 0 atom stereocenters. The molecular weight excluding hydrogens is 393 g/mol. The van der Waals surface area contributed by atoms with Crippen molar-refractivity contribution in [3.8, 4) is 11.3 Å². The number of carbonyl (C=O) groups excluding carboxylic acids is 1. The lowest BCUT2D eigenvalue weighted by Gasteiger charge is -2.38. The van der Waals surface area contributed by atoms with Crippen molar-refractivity contribution in [2.75, 3.05) is 25.0 Å². The summed E-state index contributed by atoms with van der Waals surface area (Å²) in [4.78, 5) is 23.6. The standard InChI is InChI=1S/C24H28FN5O/c1-29-15-26-11-22(29)18-6-7-19-10-27-23(9-20(19)8-18)28-24(31)17-4-2-16(3-5-17)12-30-13-21(25)14-30/h6-11,15-17,21H,2-5,12-14H2,1H3,(H,27,28,31). The lowest BCUT2D eigenvalue weighted by molar-refractivity contribution is -0.121. The van der Waals surface area contributed by atoms with E-state index in [2.05, 4.69) is 32.3 Å². The third kappa shape index (κ3) is 4.32. The van der Waals surface area contributed by atoms with Gasteiger partial charge in [0.05, 0.1) is 18.2 Å². The number of likely N-dealkylation sites (tertiary alicyclic amines) is 1. The Morgan fingerprint density at radius 2 is 1.94 bits per heavy atom. The molecular formula is C24H28FN5O. The van der Waals surface area contributed by atoms with Gasteiger partial charge in [0.15, 0.2) is 0 Å². The van der Waals surface area contributed by atoms with Gasteiger partial charge in [0, 0.05) is 49.7 Å². The van der Waals surface area contributed by atoms with Crippen LogP contribution < -0.4 is 5.32 Å². The summed E-state index contributed by atoms with van der Waals surface area (Å²) < 4.78 is 15.0. The van der Waals surface area contributed by atoms with Gasteiger partial charge in [0.2, 0.25) is 5.91 Å². The summed E-state index contributed by atoms with van der Waals surface area (Å²) >= 11 is 0. The highest BCUT2D eigenvalue weighted by Gasteiger charge is 2.31. The largest absolute Gasteiger partial charge is 0.334 e. The highest BCUT2D eigenvalue weighted by atomic mass is 19.1. The summed E-state index contributed by atoms with van der Waals surface area (Å²) in [6, 6.07) is 8.15. The van der Waals surface area contributed by atoms with E-state index in [-0.39, 0.29) is 11.8 Å². The van der Waals surface area contributed by atoms with Gasteiger partial charge in [-0.05, 0) is 49.1 Å². The number of aryl methyl sites for hydroxylation is 1. The maximum atomic E-state index is 13.0. The first-order chi connectivity index (χ1) is 15.0. The molecule has 1 saturated heterocycles. The normalized spacial score (nSPS) is 22.4. The fourth-order valence-electron chi connectivity index (χ4n) is 4.86. The zero-order chi connectivity index (χ0) is 21.4. The van der Waals surface area contributed by atoms with Crippen molar-refractivity contribution in [3.63, 3.8) is 0 Å². The number of imidazole rings is 1. The van der Waals surface area contributed by atoms with Gasteiger partial charge in [-0.1, -0.05) is 12.1 Å². The van der Waals surface area contributed by atoms with Crippen LogP contribution in [-0.2, 0) is 11.8 Å². The zero-order valence-corrected chi connectivity index (χ0v) is 17.8. The van der Waals surface area contributed by atoms with Gasteiger partial charge in [0.25, 0.3) is 0 Å². The molecule has 2 aliphatic rings. The number of hydrogen-bond donors (Lipinski definition) is 1. The van der Waals surface area contributed by atoms with E-state index < -0.39 is 6.17 Å². The number of benzene rings is 1. The molecule has 162 valence electrons. The average Bonchev–Trinajstić information content (AvgIpc) is 3.18. The number of nitrogens with one attached hydrogen (secondary N) is 1. The van der Waals surface area contributed by atoms with E-state index in [0.29, 0.717) is 24.8 Å². The Labute approximate surface area is 181 Å². The summed E-state index contributed by atoms with van der Waals surface area (Å²) in [5.41, 5.74) is 2.12. The van der Waals surface area contributed by atoms with Gasteiger partial charge in [-0.15, -0.1) is 0 Å². The Bertz CT molecular complexity index is 1080. The quantitative estimate of drug-likeness (QED) is 0.676. The van der Waals surface area contributed by atoms with Crippen LogP contribution in [0.2, 0.25) is 0 Å². The minimum Gasteiger partial charge on any atom is -0.334 e. The molecule has 0 spiro atoms. The monoisotopic (exact) mass is 421 g/mol. The number of nitrogens with zero attached hydrogens (tertiary/aromatic N) is 4. The molecule has 3 aromatic rings. The SMILES string of the molecule is Cn1cncc1-c1ccc2cnc(NC(=O)C3CCC(CN4CC(F)C4)CC3)cc2c1. The smallest absolute Gasteiger partial charge is 0.228 e. The van der Waals surface area contributed by atoms with Crippen LogP contribution in [0.5, 0.6) is 0 Å². The van der Waals surface area contributed by atoms with E-state index in [1.54, 1.807) is 12.5 Å². The molecule has 2 aromatic heterocycles. The van der Waals surface area contributed by atoms with Crippen LogP contribution >= 0.6 is 0 Å². The Balaban J connectivity index is 1.22. The van der Waals surface area contributed by atoms with Crippen LogP contribution in [0, 0.1) is 11.8 Å². The maximum absolute atomic E-state index is 13.0. The van der Waals surface area contributed by atoms with E-state index in [4.69, 9.17) is 0 Å². The topological polar surface area (TPSA) is 63.1 Å². The fourth-order valence-corrected chi connectivity index (χ4v) is 4.86. The molecule has 5 rings (SSSR count). The molecule has 1 aliphatic carbocycles. The van der Waals surface area contributed by atoms with Gasteiger partial charge in [-0.2, -0.15) is 0 Å². The lowest BCUT2D eigenvalue weighted by Crippen LogP contribution is -2.50. The van der Waals surface area contributed by atoms with E-state index in [1.165, 1.54) is 0 Å². The van der Waals surface area contributed by atoms with E-state index in [1.807, 2.05) is 29.9 Å². The number of aromatic nitrogens is 3. The number of halogens is 1. The summed E-state index contributed by atoms with van der Waals surface area (Å²) in [6.07, 6.45) is 8.64. The molecule has 1 aromatic carbocycles. The molecule has 1 amide bonds. The number of rotatable bonds is 5. The van der Waals surface area contributed by atoms with Gasteiger partial charge in [-0.3, -0.25) is 9.69 Å². The van der Waals surface area contributed by atoms with Crippen molar-refractivity contribution in [1.29, 1.82) is 0 Å². The maximum Gasteiger partial charge on any atom is 0.228 e.